The van der Waals surface area contributed by atoms with E-state index in [0.717, 1.165) is 93.5 Å². The van der Waals surface area contributed by atoms with E-state index in [4.69, 9.17) is 19.9 Å². The van der Waals surface area contributed by atoms with Gasteiger partial charge in [-0.2, -0.15) is 0 Å². The number of fused-ring (bicyclic) bond motifs is 6. The molecule has 0 atom stereocenters. The Morgan fingerprint density at radius 3 is 1.04 bits per heavy atom. The normalized spacial score (nSPS) is 11.5. The number of aromatic nitrogens is 4. The van der Waals surface area contributed by atoms with Crippen molar-refractivity contribution in [3.63, 3.8) is 0 Å². The molecule has 0 saturated heterocycles. The van der Waals surface area contributed by atoms with Crippen molar-refractivity contribution < 1.29 is 0 Å². The highest BCUT2D eigenvalue weighted by Gasteiger charge is 2.19. The van der Waals surface area contributed by atoms with Crippen LogP contribution in [0.25, 0.3) is 130 Å². The van der Waals surface area contributed by atoms with Crippen molar-refractivity contribution in [1.29, 1.82) is 0 Å². The number of rotatable bonds is 8. The van der Waals surface area contributed by atoms with Gasteiger partial charge in [-0.1, -0.05) is 206 Å². The molecule has 318 valence electrons. The Bertz CT molecular complexity index is 3990. The molecule has 4 aromatic heterocycles. The Balaban J connectivity index is 0.850. The molecule has 4 nitrogen and oxygen atoms in total. The van der Waals surface area contributed by atoms with Gasteiger partial charge in [0.25, 0.3) is 0 Å². The van der Waals surface area contributed by atoms with Gasteiger partial charge in [0.1, 0.15) is 9.66 Å². The summed E-state index contributed by atoms with van der Waals surface area (Å²) in [4.78, 5) is 23.0. The van der Waals surface area contributed by atoms with Gasteiger partial charge in [-0.15, -0.1) is 22.7 Å². The van der Waals surface area contributed by atoms with E-state index in [1.807, 2.05) is 12.1 Å². The molecule has 4 heterocycles. The molecular formula is C62H38N4S2. The lowest BCUT2D eigenvalue weighted by atomic mass is 9.96. The average molecular weight is 903 g/mol. The van der Waals surface area contributed by atoms with Crippen LogP contribution in [0.5, 0.6) is 0 Å². The Morgan fingerprint density at radius 1 is 0.235 bits per heavy atom. The van der Waals surface area contributed by atoms with Crippen LogP contribution in [-0.2, 0) is 0 Å². The molecule has 0 aliphatic heterocycles. The van der Waals surface area contributed by atoms with Crippen LogP contribution in [0.15, 0.2) is 231 Å². The lowest BCUT2D eigenvalue weighted by Gasteiger charge is -2.11. The predicted molar refractivity (Wildman–Crippen MR) is 287 cm³/mol. The van der Waals surface area contributed by atoms with Crippen LogP contribution in [0.4, 0.5) is 0 Å². The molecule has 6 heteroatoms. The van der Waals surface area contributed by atoms with E-state index in [2.05, 4.69) is 218 Å². The molecule has 0 amide bonds. The second-order valence-electron chi connectivity index (χ2n) is 17.0. The van der Waals surface area contributed by atoms with Crippen molar-refractivity contribution in [3.05, 3.63) is 231 Å². The first-order valence-electron chi connectivity index (χ1n) is 22.7. The average Bonchev–Trinajstić information content (AvgIpc) is 4.00. The van der Waals surface area contributed by atoms with Crippen LogP contribution >= 0.6 is 22.7 Å². The van der Waals surface area contributed by atoms with Gasteiger partial charge < -0.3 is 0 Å². The van der Waals surface area contributed by atoms with Crippen LogP contribution in [0, 0.1) is 0 Å². The lowest BCUT2D eigenvalue weighted by Crippen LogP contribution is -1.94. The van der Waals surface area contributed by atoms with Gasteiger partial charge in [0.2, 0.25) is 0 Å². The maximum atomic E-state index is 5.36. The fourth-order valence-electron chi connectivity index (χ4n) is 9.35. The van der Waals surface area contributed by atoms with Crippen LogP contribution < -0.4 is 0 Å². The van der Waals surface area contributed by atoms with E-state index in [1.165, 1.54) is 36.9 Å². The Labute approximate surface area is 401 Å². The number of thiophene rings is 2. The molecule has 68 heavy (non-hydrogen) atoms. The van der Waals surface area contributed by atoms with Crippen molar-refractivity contribution in [3.8, 4) is 89.8 Å². The fourth-order valence-corrected chi connectivity index (χ4v) is 11.5. The number of nitrogens with zero attached hydrogens (tertiary/aromatic N) is 4. The summed E-state index contributed by atoms with van der Waals surface area (Å²) in [6.07, 6.45) is 0. The SMILES string of the molecule is c1ccc(-c2ccc(-c3nc(-c4ccc(-c5cccc(-c6cccc(-c7nc(-c8ccc(-c9ccccc9)cc8)nc8sc9ccccc9c78)c6)c5)cc4)c4c(n3)sc3ccccc34)cc2)cc1. The van der Waals surface area contributed by atoms with Gasteiger partial charge in [0.15, 0.2) is 11.6 Å². The standard InChI is InChI=1S/C62H38N4S2/c1-3-13-39(14-4-1)41-27-33-45(34-28-41)59-63-57(55-51-21-7-9-23-53(51)67-61(55)65-59)44-31-25-43(26-32-44)47-17-11-18-48(37-47)49-19-12-20-50(38-49)58-56-52-22-8-10-24-54(52)68-62(56)66-60(64-58)46-35-29-42(30-36-46)40-15-5-2-6-16-40/h1-38H. The second-order valence-corrected chi connectivity index (χ2v) is 19.0. The molecule has 0 saturated carbocycles. The first-order chi connectivity index (χ1) is 33.7. The summed E-state index contributed by atoms with van der Waals surface area (Å²) in [5, 5.41) is 4.53. The minimum Gasteiger partial charge on any atom is -0.227 e. The van der Waals surface area contributed by atoms with Gasteiger partial charge in [-0.25, -0.2) is 19.9 Å². The van der Waals surface area contributed by atoms with E-state index >= 15 is 0 Å². The van der Waals surface area contributed by atoms with Crippen molar-refractivity contribution in [1.82, 2.24) is 19.9 Å². The summed E-state index contributed by atoms with van der Waals surface area (Å²) in [7, 11) is 0. The summed E-state index contributed by atoms with van der Waals surface area (Å²) >= 11 is 3.44. The van der Waals surface area contributed by atoms with E-state index in [1.54, 1.807) is 22.7 Å². The van der Waals surface area contributed by atoms with Crippen LogP contribution in [0.1, 0.15) is 0 Å². The number of benzene rings is 9. The Morgan fingerprint density at radius 2 is 0.559 bits per heavy atom. The van der Waals surface area contributed by atoms with E-state index in [-0.39, 0.29) is 0 Å². The predicted octanol–water partition coefficient (Wildman–Crippen LogP) is 17.3. The maximum Gasteiger partial charge on any atom is 0.161 e. The Hall–Kier alpha value is -8.42. The molecule has 0 aliphatic carbocycles. The highest BCUT2D eigenvalue weighted by molar-refractivity contribution is 7.26. The minimum absolute atomic E-state index is 0.720. The molecule has 0 unspecified atom stereocenters. The van der Waals surface area contributed by atoms with Crippen LogP contribution in [0.2, 0.25) is 0 Å². The Kier molecular flexibility index (Phi) is 9.85. The van der Waals surface area contributed by atoms with E-state index in [0.29, 0.717) is 0 Å². The number of hydrogen-bond donors (Lipinski definition) is 0. The smallest absolute Gasteiger partial charge is 0.161 e. The molecule has 9 aromatic carbocycles. The summed E-state index contributed by atoms with van der Waals surface area (Å²) < 4.78 is 2.40. The van der Waals surface area contributed by atoms with Gasteiger partial charge in [0, 0.05) is 53.2 Å². The topological polar surface area (TPSA) is 51.6 Å². The number of hydrogen-bond acceptors (Lipinski definition) is 6. The van der Waals surface area contributed by atoms with Gasteiger partial charge in [-0.05, 0) is 68.8 Å². The summed E-state index contributed by atoms with van der Waals surface area (Å²) in [5.74, 6) is 1.44. The molecular weight excluding hydrogens is 865 g/mol. The van der Waals surface area contributed by atoms with Gasteiger partial charge >= 0.3 is 0 Å². The van der Waals surface area contributed by atoms with Crippen LogP contribution in [-0.4, -0.2) is 19.9 Å². The molecule has 0 bridgehead atoms. The van der Waals surface area contributed by atoms with Gasteiger partial charge in [0.05, 0.1) is 11.4 Å². The quantitative estimate of drug-likeness (QED) is 0.152. The zero-order chi connectivity index (χ0) is 45.0. The second kappa shape index (κ2) is 16.8. The first-order valence-corrected chi connectivity index (χ1v) is 24.3. The highest BCUT2D eigenvalue weighted by atomic mass is 32.1. The third kappa shape index (κ3) is 7.24. The lowest BCUT2D eigenvalue weighted by molar-refractivity contribution is 1.24. The zero-order valence-corrected chi connectivity index (χ0v) is 38.2. The molecule has 0 spiro atoms. The maximum absolute atomic E-state index is 5.36. The monoisotopic (exact) mass is 902 g/mol. The van der Waals surface area contributed by atoms with E-state index in [9.17, 15) is 0 Å². The minimum atomic E-state index is 0.720. The fraction of sp³-hybridized carbons (Fsp3) is 0. The molecule has 13 aromatic rings. The third-order valence-corrected chi connectivity index (χ3v) is 14.9. The molecule has 0 radical (unpaired) electrons. The third-order valence-electron chi connectivity index (χ3n) is 12.8. The van der Waals surface area contributed by atoms with Crippen molar-refractivity contribution in [2.75, 3.05) is 0 Å². The largest absolute Gasteiger partial charge is 0.227 e. The van der Waals surface area contributed by atoms with Crippen molar-refractivity contribution in [2.24, 2.45) is 0 Å². The van der Waals surface area contributed by atoms with Crippen molar-refractivity contribution >= 4 is 63.3 Å². The first kappa shape index (κ1) is 39.9. The molecule has 13 rings (SSSR count). The summed E-state index contributed by atoms with van der Waals surface area (Å²) in [5.41, 5.74) is 15.2. The molecule has 0 N–H and O–H groups in total. The van der Waals surface area contributed by atoms with Crippen LogP contribution in [0.3, 0.4) is 0 Å². The summed E-state index contributed by atoms with van der Waals surface area (Å²) in [6.45, 7) is 0. The zero-order valence-electron chi connectivity index (χ0n) is 36.5. The van der Waals surface area contributed by atoms with E-state index < -0.39 is 0 Å². The van der Waals surface area contributed by atoms with Gasteiger partial charge in [-0.3, -0.25) is 0 Å². The molecule has 0 aliphatic rings. The molecule has 0 fully saturated rings. The highest BCUT2D eigenvalue weighted by Crippen LogP contribution is 2.42. The summed E-state index contributed by atoms with van der Waals surface area (Å²) in [6, 6.07) is 81.7. The van der Waals surface area contributed by atoms with Crippen molar-refractivity contribution in [2.45, 2.75) is 0 Å².